The van der Waals surface area contributed by atoms with Crippen LogP contribution >= 0.6 is 11.6 Å². The number of nitro benzene ring substituents is 1. The average Bonchev–Trinajstić information content (AvgIpc) is 2.34. The maximum atomic E-state index is 10.9. The number of hydrogen-bond donors (Lipinski definition) is 1. The van der Waals surface area contributed by atoms with Gasteiger partial charge in [-0.2, -0.15) is 0 Å². The maximum Gasteiger partial charge on any atom is 0.274 e. The predicted molar refractivity (Wildman–Crippen MR) is 71.0 cm³/mol. The summed E-state index contributed by atoms with van der Waals surface area (Å²) in [7, 11) is 0. The predicted octanol–water partition coefficient (Wildman–Crippen LogP) is 1.96. The van der Waals surface area contributed by atoms with E-state index in [2.05, 4.69) is 10.2 Å². The van der Waals surface area contributed by atoms with E-state index in [0.29, 0.717) is 10.6 Å². The van der Waals surface area contributed by atoms with Crippen LogP contribution in [0.3, 0.4) is 0 Å². The molecule has 0 aliphatic carbocycles. The second kappa shape index (κ2) is 5.65. The largest absolute Gasteiger partial charge is 0.314 e. The molecule has 0 bridgehead atoms. The molecule has 1 aromatic carbocycles. The van der Waals surface area contributed by atoms with Crippen molar-refractivity contribution in [3.63, 3.8) is 0 Å². The zero-order chi connectivity index (χ0) is 13.1. The molecule has 0 spiro atoms. The van der Waals surface area contributed by atoms with Crippen LogP contribution in [0.5, 0.6) is 0 Å². The molecule has 1 heterocycles. The Morgan fingerprint density at radius 2 is 2.11 bits per heavy atom. The minimum Gasteiger partial charge on any atom is -0.314 e. The van der Waals surface area contributed by atoms with Crippen molar-refractivity contribution >= 4 is 17.3 Å². The molecule has 0 aromatic heterocycles. The van der Waals surface area contributed by atoms with E-state index in [1.165, 1.54) is 6.07 Å². The third-order valence-electron chi connectivity index (χ3n) is 3.25. The molecule has 0 amide bonds. The zero-order valence-electron chi connectivity index (χ0n) is 10.3. The number of piperazine rings is 1. The Bertz CT molecular complexity index is 459. The van der Waals surface area contributed by atoms with Gasteiger partial charge < -0.3 is 5.32 Å². The third-order valence-corrected chi connectivity index (χ3v) is 3.47. The molecule has 1 aromatic rings. The summed E-state index contributed by atoms with van der Waals surface area (Å²) in [5.74, 6) is 0. The Morgan fingerprint density at radius 1 is 1.44 bits per heavy atom. The number of rotatable bonds is 3. The number of benzene rings is 1. The van der Waals surface area contributed by atoms with Gasteiger partial charge in [0.05, 0.1) is 4.92 Å². The van der Waals surface area contributed by atoms with Crippen LogP contribution in [0.2, 0.25) is 5.02 Å². The van der Waals surface area contributed by atoms with Gasteiger partial charge in [0.25, 0.3) is 5.69 Å². The van der Waals surface area contributed by atoms with Crippen LogP contribution in [-0.4, -0.2) is 36.0 Å². The first-order valence-electron chi connectivity index (χ1n) is 5.94. The normalized spacial score (nSPS) is 16.8. The lowest BCUT2D eigenvalue weighted by Gasteiger charge is -2.27. The highest BCUT2D eigenvalue weighted by atomic mass is 35.5. The van der Waals surface area contributed by atoms with Crippen molar-refractivity contribution in [2.24, 2.45) is 0 Å². The molecule has 0 atom stereocenters. The van der Waals surface area contributed by atoms with Crippen molar-refractivity contribution in [3.05, 3.63) is 38.4 Å². The van der Waals surface area contributed by atoms with Crippen LogP contribution < -0.4 is 5.32 Å². The smallest absolute Gasteiger partial charge is 0.274 e. The van der Waals surface area contributed by atoms with E-state index in [1.807, 2.05) is 6.07 Å². The molecule has 98 valence electrons. The highest BCUT2D eigenvalue weighted by Gasteiger charge is 2.18. The Hall–Kier alpha value is -1.17. The molecule has 0 saturated carbocycles. The van der Waals surface area contributed by atoms with Crippen LogP contribution in [0, 0.1) is 17.0 Å². The Balaban J connectivity index is 2.23. The third kappa shape index (κ3) is 2.98. The van der Waals surface area contributed by atoms with Gasteiger partial charge in [0.2, 0.25) is 0 Å². The summed E-state index contributed by atoms with van der Waals surface area (Å²) in [6.07, 6.45) is 0. The van der Waals surface area contributed by atoms with E-state index >= 15 is 0 Å². The summed E-state index contributed by atoms with van der Waals surface area (Å²) in [6, 6.07) is 3.24. The van der Waals surface area contributed by atoms with Gasteiger partial charge in [-0.3, -0.25) is 15.0 Å². The van der Waals surface area contributed by atoms with E-state index in [-0.39, 0.29) is 10.6 Å². The van der Waals surface area contributed by atoms with Crippen molar-refractivity contribution in [3.8, 4) is 0 Å². The average molecular weight is 270 g/mol. The van der Waals surface area contributed by atoms with Crippen LogP contribution in [0.25, 0.3) is 0 Å². The van der Waals surface area contributed by atoms with Gasteiger partial charge in [-0.25, -0.2) is 0 Å². The Labute approximate surface area is 111 Å². The minimum atomic E-state index is -0.373. The fourth-order valence-electron chi connectivity index (χ4n) is 2.18. The molecule has 5 nitrogen and oxygen atoms in total. The molecule has 1 N–H and O–H groups in total. The number of nitrogens with one attached hydrogen (secondary N) is 1. The first kappa shape index (κ1) is 13.3. The van der Waals surface area contributed by atoms with Crippen LogP contribution in [-0.2, 0) is 6.54 Å². The lowest BCUT2D eigenvalue weighted by atomic mass is 10.1. The summed E-state index contributed by atoms with van der Waals surface area (Å²) >= 11 is 5.95. The highest BCUT2D eigenvalue weighted by Crippen LogP contribution is 2.27. The molecule has 1 aliphatic rings. The number of nitro groups is 1. The van der Waals surface area contributed by atoms with Gasteiger partial charge in [0.15, 0.2) is 0 Å². The highest BCUT2D eigenvalue weighted by molar-refractivity contribution is 6.30. The van der Waals surface area contributed by atoms with Gasteiger partial charge in [-0.1, -0.05) is 11.6 Å². The summed E-state index contributed by atoms with van der Waals surface area (Å²) in [5, 5.41) is 14.7. The van der Waals surface area contributed by atoms with Gasteiger partial charge in [0.1, 0.15) is 0 Å². The SMILES string of the molecule is Cc1c(CN2CCNCC2)cc(Cl)cc1[N+](=O)[O-]. The van der Waals surface area contributed by atoms with Crippen molar-refractivity contribution in [1.82, 2.24) is 10.2 Å². The second-order valence-corrected chi connectivity index (χ2v) is 4.93. The van der Waals surface area contributed by atoms with Crippen LogP contribution in [0.4, 0.5) is 5.69 Å². The van der Waals surface area contributed by atoms with Crippen LogP contribution in [0.15, 0.2) is 12.1 Å². The standard InChI is InChI=1S/C12H16ClN3O2/c1-9-10(8-15-4-2-14-3-5-15)6-11(13)7-12(9)16(17)18/h6-7,14H,2-5,8H2,1H3. The van der Waals surface area contributed by atoms with Gasteiger partial charge >= 0.3 is 0 Å². The van der Waals surface area contributed by atoms with Crippen molar-refractivity contribution < 1.29 is 4.92 Å². The van der Waals surface area contributed by atoms with E-state index in [0.717, 1.165) is 38.3 Å². The van der Waals surface area contributed by atoms with Crippen LogP contribution in [0.1, 0.15) is 11.1 Å². The quantitative estimate of drug-likeness (QED) is 0.673. The van der Waals surface area contributed by atoms with Gasteiger partial charge in [-0.15, -0.1) is 0 Å². The molecule has 1 fully saturated rings. The van der Waals surface area contributed by atoms with Crippen molar-refractivity contribution in [1.29, 1.82) is 0 Å². The Morgan fingerprint density at radius 3 is 2.72 bits per heavy atom. The van der Waals surface area contributed by atoms with Gasteiger partial charge in [-0.05, 0) is 18.6 Å². The Kier molecular flexibility index (Phi) is 4.16. The molecule has 18 heavy (non-hydrogen) atoms. The topological polar surface area (TPSA) is 58.4 Å². The summed E-state index contributed by atoms with van der Waals surface area (Å²) in [6.45, 7) is 6.34. The lowest BCUT2D eigenvalue weighted by molar-refractivity contribution is -0.385. The number of hydrogen-bond acceptors (Lipinski definition) is 4. The summed E-state index contributed by atoms with van der Waals surface area (Å²) in [5.41, 5.74) is 1.76. The first-order chi connectivity index (χ1) is 8.58. The molecular formula is C12H16ClN3O2. The molecule has 1 saturated heterocycles. The summed E-state index contributed by atoms with van der Waals surface area (Å²) in [4.78, 5) is 12.8. The van der Waals surface area contributed by atoms with E-state index in [9.17, 15) is 10.1 Å². The van der Waals surface area contributed by atoms with Crippen molar-refractivity contribution in [2.75, 3.05) is 26.2 Å². The van der Waals surface area contributed by atoms with E-state index < -0.39 is 0 Å². The fraction of sp³-hybridized carbons (Fsp3) is 0.500. The molecule has 1 aliphatic heterocycles. The van der Waals surface area contributed by atoms with Gasteiger partial charge in [0, 0.05) is 49.4 Å². The molecule has 6 heteroatoms. The van der Waals surface area contributed by atoms with Crippen molar-refractivity contribution in [2.45, 2.75) is 13.5 Å². The molecule has 0 unspecified atom stereocenters. The molecule has 0 radical (unpaired) electrons. The summed E-state index contributed by atoms with van der Waals surface area (Å²) < 4.78 is 0. The molecular weight excluding hydrogens is 254 g/mol. The van der Waals surface area contributed by atoms with E-state index in [1.54, 1.807) is 6.92 Å². The van der Waals surface area contributed by atoms with E-state index in [4.69, 9.17) is 11.6 Å². The number of halogens is 1. The lowest BCUT2D eigenvalue weighted by Crippen LogP contribution is -2.43. The monoisotopic (exact) mass is 269 g/mol. The molecule has 2 rings (SSSR count). The minimum absolute atomic E-state index is 0.104. The number of nitrogens with zero attached hydrogens (tertiary/aromatic N) is 2. The second-order valence-electron chi connectivity index (χ2n) is 4.49. The zero-order valence-corrected chi connectivity index (χ0v) is 11.0. The first-order valence-corrected chi connectivity index (χ1v) is 6.32. The fourth-order valence-corrected chi connectivity index (χ4v) is 2.42. The maximum absolute atomic E-state index is 10.9.